The number of nitrogens with zero attached hydrogens (tertiary/aromatic N) is 3. The zero-order valence-electron chi connectivity index (χ0n) is 20.9. The van der Waals surface area contributed by atoms with Crippen LogP contribution in [-0.2, 0) is 22.0 Å². The molecule has 1 amide bonds. The van der Waals surface area contributed by atoms with E-state index in [0.717, 1.165) is 24.4 Å². The molecule has 0 radical (unpaired) electrons. The molecule has 1 aromatic heterocycles. The molecule has 1 saturated heterocycles. The van der Waals surface area contributed by atoms with Crippen LogP contribution in [0.15, 0.2) is 57.9 Å². The van der Waals surface area contributed by atoms with Crippen LogP contribution in [0.4, 0.5) is 0 Å². The van der Waals surface area contributed by atoms with Gasteiger partial charge < -0.3 is 24.6 Å². The maximum atomic E-state index is 13.4. The highest BCUT2D eigenvalue weighted by Gasteiger charge is 2.47. The fourth-order valence-corrected chi connectivity index (χ4v) is 6.30. The van der Waals surface area contributed by atoms with Crippen molar-refractivity contribution in [3.63, 3.8) is 0 Å². The number of benzene rings is 2. The van der Waals surface area contributed by atoms with Gasteiger partial charge in [-0.3, -0.25) is 9.00 Å². The molecule has 5 rings (SSSR count). The fourth-order valence-electron chi connectivity index (χ4n) is 4.73. The summed E-state index contributed by atoms with van der Waals surface area (Å²) in [5, 5.41) is 4.05. The number of amides is 1. The number of carbonyl (C=O) groups is 1. The van der Waals surface area contributed by atoms with E-state index in [-0.39, 0.29) is 0 Å². The number of likely N-dealkylation sites (tertiary alicyclic amines) is 1. The molecule has 2 aliphatic rings. The summed E-state index contributed by atoms with van der Waals surface area (Å²) < 4.78 is 28.8. The standard InChI is InChI=1S/C27H32N4O5S/c1-34-21-8-4-19(5-9-21)25-29-24(36-30-25)3-2-18-35-22-10-12-23(13-11-22)37(33)27(26(28)32)14-16-31(17-15-27)20-6-7-20/h4-5,8-13,20H,2-3,6-7,14-18H2,1H3,(H2,28,32). The molecular weight excluding hydrogens is 492 g/mol. The molecule has 37 heavy (non-hydrogen) atoms. The van der Waals surface area contributed by atoms with Gasteiger partial charge in [0.05, 0.1) is 24.5 Å². The lowest BCUT2D eigenvalue weighted by atomic mass is 9.95. The molecule has 2 aromatic carbocycles. The zero-order valence-corrected chi connectivity index (χ0v) is 21.7. The van der Waals surface area contributed by atoms with E-state index < -0.39 is 21.5 Å². The number of primary amides is 1. The van der Waals surface area contributed by atoms with E-state index in [1.807, 2.05) is 24.3 Å². The topological polar surface area (TPSA) is 121 Å². The van der Waals surface area contributed by atoms with Crippen LogP contribution in [0.5, 0.6) is 11.5 Å². The van der Waals surface area contributed by atoms with Crippen molar-refractivity contribution in [2.24, 2.45) is 5.73 Å². The quantitative estimate of drug-likeness (QED) is 0.379. The normalized spacial score (nSPS) is 18.3. The van der Waals surface area contributed by atoms with E-state index in [1.54, 1.807) is 31.4 Å². The summed E-state index contributed by atoms with van der Waals surface area (Å²) in [4.78, 5) is 19.9. The van der Waals surface area contributed by atoms with Gasteiger partial charge in [-0.15, -0.1) is 0 Å². The predicted octanol–water partition coefficient (Wildman–Crippen LogP) is 3.35. The third kappa shape index (κ3) is 5.70. The molecule has 3 aromatic rings. The summed E-state index contributed by atoms with van der Waals surface area (Å²) in [5.41, 5.74) is 6.64. The molecule has 2 N–H and O–H groups in total. The minimum Gasteiger partial charge on any atom is -0.497 e. The Labute approximate surface area is 218 Å². The lowest BCUT2D eigenvalue weighted by Gasteiger charge is -2.39. The Morgan fingerprint density at radius 2 is 1.78 bits per heavy atom. The third-order valence-electron chi connectivity index (χ3n) is 7.13. The number of ether oxygens (including phenoxy) is 2. The molecule has 2 fully saturated rings. The van der Waals surface area contributed by atoms with Crippen LogP contribution in [0, 0.1) is 0 Å². The Bertz CT molecular complexity index is 1230. The maximum Gasteiger partial charge on any atom is 0.236 e. The zero-order chi connectivity index (χ0) is 25.8. The summed E-state index contributed by atoms with van der Waals surface area (Å²) in [6.45, 7) is 2.00. The molecule has 1 unspecified atom stereocenters. The van der Waals surface area contributed by atoms with Gasteiger partial charge in [-0.1, -0.05) is 5.16 Å². The fraction of sp³-hybridized carbons (Fsp3) is 0.444. The summed E-state index contributed by atoms with van der Waals surface area (Å²) in [6, 6.07) is 15.2. The minimum absolute atomic E-state index is 0.463. The number of aryl methyl sites for hydroxylation is 1. The summed E-state index contributed by atoms with van der Waals surface area (Å²) >= 11 is 0. The van der Waals surface area contributed by atoms with E-state index in [2.05, 4.69) is 15.0 Å². The summed E-state index contributed by atoms with van der Waals surface area (Å²) in [5.74, 6) is 2.05. The molecule has 0 bridgehead atoms. The van der Waals surface area contributed by atoms with Crippen LogP contribution < -0.4 is 15.2 Å². The first kappa shape index (κ1) is 25.4. The maximum absolute atomic E-state index is 13.4. The Hall–Kier alpha value is -3.24. The second-order valence-electron chi connectivity index (χ2n) is 9.56. The number of methoxy groups -OCH3 is 1. The molecule has 2 heterocycles. The summed E-state index contributed by atoms with van der Waals surface area (Å²) in [7, 11) is 0.109. The first-order valence-electron chi connectivity index (χ1n) is 12.6. The molecule has 1 aliphatic carbocycles. The van der Waals surface area contributed by atoms with Crippen LogP contribution in [0.3, 0.4) is 0 Å². The van der Waals surface area contributed by atoms with Crippen molar-refractivity contribution < 1.29 is 23.0 Å². The molecule has 9 nitrogen and oxygen atoms in total. The lowest BCUT2D eigenvalue weighted by molar-refractivity contribution is -0.121. The van der Waals surface area contributed by atoms with Gasteiger partial charge in [-0.05, 0) is 80.6 Å². The van der Waals surface area contributed by atoms with Gasteiger partial charge in [0.2, 0.25) is 17.6 Å². The number of hydrogen-bond donors (Lipinski definition) is 1. The average molecular weight is 525 g/mol. The van der Waals surface area contributed by atoms with E-state index in [4.69, 9.17) is 19.7 Å². The minimum atomic E-state index is -1.51. The monoisotopic (exact) mass is 524 g/mol. The smallest absolute Gasteiger partial charge is 0.236 e. The Kier molecular flexibility index (Phi) is 7.57. The van der Waals surface area contributed by atoms with Crippen LogP contribution in [-0.4, -0.2) is 62.8 Å². The Morgan fingerprint density at radius 3 is 2.41 bits per heavy atom. The lowest BCUT2D eigenvalue weighted by Crippen LogP contribution is -2.55. The van der Waals surface area contributed by atoms with E-state index in [0.29, 0.717) is 60.7 Å². The van der Waals surface area contributed by atoms with Gasteiger partial charge in [0.1, 0.15) is 16.2 Å². The van der Waals surface area contributed by atoms with Crippen molar-refractivity contribution in [3.05, 3.63) is 54.4 Å². The molecular formula is C27H32N4O5S. The van der Waals surface area contributed by atoms with Gasteiger partial charge in [0.25, 0.3) is 0 Å². The Morgan fingerprint density at radius 1 is 1.11 bits per heavy atom. The number of nitrogens with two attached hydrogens (primary N) is 1. The number of hydrogen-bond acceptors (Lipinski definition) is 8. The first-order valence-corrected chi connectivity index (χ1v) is 13.8. The third-order valence-corrected chi connectivity index (χ3v) is 9.15. The van der Waals surface area contributed by atoms with Gasteiger partial charge in [-0.25, -0.2) is 0 Å². The molecule has 1 atom stereocenters. The Balaban J connectivity index is 1.11. The molecule has 1 saturated carbocycles. The molecule has 196 valence electrons. The highest BCUT2D eigenvalue weighted by Crippen LogP contribution is 2.37. The van der Waals surface area contributed by atoms with Crippen molar-refractivity contribution in [2.75, 3.05) is 26.8 Å². The molecule has 0 spiro atoms. The van der Waals surface area contributed by atoms with Crippen molar-refractivity contribution in [3.8, 4) is 22.9 Å². The second-order valence-corrected chi connectivity index (χ2v) is 11.3. The van der Waals surface area contributed by atoms with Crippen molar-refractivity contribution in [1.82, 2.24) is 15.0 Å². The molecule has 1 aliphatic heterocycles. The van der Waals surface area contributed by atoms with Crippen molar-refractivity contribution in [2.45, 2.75) is 54.2 Å². The van der Waals surface area contributed by atoms with Crippen LogP contribution in [0.25, 0.3) is 11.4 Å². The van der Waals surface area contributed by atoms with Crippen molar-refractivity contribution >= 4 is 16.7 Å². The van der Waals surface area contributed by atoms with Crippen molar-refractivity contribution in [1.29, 1.82) is 0 Å². The predicted molar refractivity (Wildman–Crippen MR) is 139 cm³/mol. The van der Waals surface area contributed by atoms with Gasteiger partial charge in [0, 0.05) is 36.0 Å². The summed E-state index contributed by atoms with van der Waals surface area (Å²) in [6.07, 6.45) is 4.77. The van der Waals surface area contributed by atoms with Gasteiger partial charge in [-0.2, -0.15) is 4.98 Å². The number of aromatic nitrogens is 2. The molecule has 10 heteroatoms. The number of rotatable bonds is 11. The highest BCUT2D eigenvalue weighted by atomic mass is 32.2. The number of piperidine rings is 1. The SMILES string of the molecule is COc1ccc(-c2noc(CCCOc3ccc(S(=O)C4(C(N)=O)CCN(C5CC5)CC4)cc3)n2)cc1. The van der Waals surface area contributed by atoms with Crippen LogP contribution >= 0.6 is 0 Å². The first-order chi connectivity index (χ1) is 18.0. The number of carbonyl (C=O) groups excluding carboxylic acids is 1. The van der Waals surface area contributed by atoms with E-state index in [9.17, 15) is 9.00 Å². The van der Waals surface area contributed by atoms with E-state index in [1.165, 1.54) is 12.8 Å². The van der Waals surface area contributed by atoms with Crippen LogP contribution in [0.1, 0.15) is 38.0 Å². The largest absolute Gasteiger partial charge is 0.497 e. The van der Waals surface area contributed by atoms with Gasteiger partial charge >= 0.3 is 0 Å². The second kappa shape index (κ2) is 11.0. The van der Waals surface area contributed by atoms with Crippen LogP contribution in [0.2, 0.25) is 0 Å². The van der Waals surface area contributed by atoms with E-state index >= 15 is 0 Å². The average Bonchev–Trinajstić information content (AvgIpc) is 3.68. The van der Waals surface area contributed by atoms with Gasteiger partial charge in [0.15, 0.2) is 0 Å². The highest BCUT2D eigenvalue weighted by molar-refractivity contribution is 7.87.